The highest BCUT2D eigenvalue weighted by Gasteiger charge is 2.31. The van der Waals surface area contributed by atoms with Crippen LogP contribution in [-0.2, 0) is 6.42 Å². The molecule has 0 amide bonds. The Bertz CT molecular complexity index is 385. The summed E-state index contributed by atoms with van der Waals surface area (Å²) < 4.78 is 0. The van der Waals surface area contributed by atoms with Gasteiger partial charge < -0.3 is 4.90 Å². The van der Waals surface area contributed by atoms with Crippen LogP contribution in [0.15, 0.2) is 18.2 Å². The number of likely N-dealkylation sites (N-methyl/N-ethyl adjacent to an activating group) is 1. The number of hydrazine groups is 1. The van der Waals surface area contributed by atoms with Crippen LogP contribution in [0.4, 0.5) is 0 Å². The van der Waals surface area contributed by atoms with Crippen LogP contribution in [0.5, 0.6) is 0 Å². The van der Waals surface area contributed by atoms with Gasteiger partial charge in [-0.1, -0.05) is 29.3 Å². The summed E-state index contributed by atoms with van der Waals surface area (Å²) in [6, 6.07) is 5.58. The number of nitrogens with zero attached hydrogens (tertiary/aromatic N) is 1. The molecule has 0 saturated heterocycles. The smallest absolute Gasteiger partial charge is 0.0453 e. The van der Waals surface area contributed by atoms with Gasteiger partial charge in [-0.25, -0.2) is 0 Å². The summed E-state index contributed by atoms with van der Waals surface area (Å²) in [7, 11) is 4.05. The van der Waals surface area contributed by atoms with Gasteiger partial charge in [0, 0.05) is 21.6 Å². The Morgan fingerprint density at radius 2 is 1.78 bits per heavy atom. The van der Waals surface area contributed by atoms with Crippen LogP contribution in [0, 0.1) is 0 Å². The maximum atomic E-state index is 6.19. The Morgan fingerprint density at radius 3 is 2.17 bits per heavy atom. The summed E-state index contributed by atoms with van der Waals surface area (Å²) in [4.78, 5) is 2.13. The van der Waals surface area contributed by atoms with Crippen LogP contribution in [0.1, 0.15) is 19.4 Å². The molecule has 1 aromatic carbocycles. The summed E-state index contributed by atoms with van der Waals surface area (Å²) in [5, 5.41) is 1.36. The molecule has 3 nitrogen and oxygen atoms in total. The Labute approximate surface area is 119 Å². The van der Waals surface area contributed by atoms with Crippen LogP contribution < -0.4 is 11.3 Å². The molecule has 3 N–H and O–H groups in total. The van der Waals surface area contributed by atoms with Crippen LogP contribution in [-0.4, -0.2) is 30.6 Å². The molecular formula is C13H21Cl2N3. The van der Waals surface area contributed by atoms with Gasteiger partial charge in [0.05, 0.1) is 0 Å². The van der Waals surface area contributed by atoms with Gasteiger partial charge in [-0.05, 0) is 52.1 Å². The standard InChI is InChI=1S/C13H21Cl2N3/c1-13(2,18(3)4)12(17-16)8-9-10(14)6-5-7-11(9)15/h5-7,12,17H,8,16H2,1-4H3. The normalized spacial score (nSPS) is 14.0. The van der Waals surface area contributed by atoms with E-state index in [1.807, 2.05) is 32.3 Å². The van der Waals surface area contributed by atoms with Crippen molar-refractivity contribution in [3.8, 4) is 0 Å². The third-order valence-electron chi connectivity index (χ3n) is 3.68. The van der Waals surface area contributed by atoms with E-state index in [0.29, 0.717) is 16.5 Å². The van der Waals surface area contributed by atoms with Gasteiger partial charge in [0.1, 0.15) is 0 Å². The average Bonchev–Trinajstić information content (AvgIpc) is 2.28. The summed E-state index contributed by atoms with van der Waals surface area (Å²) in [6.07, 6.45) is 0.681. The second-order valence-corrected chi connectivity index (χ2v) is 5.99. The van der Waals surface area contributed by atoms with E-state index in [1.54, 1.807) is 0 Å². The zero-order valence-electron chi connectivity index (χ0n) is 11.3. The molecule has 1 rings (SSSR count). The van der Waals surface area contributed by atoms with E-state index in [4.69, 9.17) is 29.0 Å². The lowest BCUT2D eigenvalue weighted by Crippen LogP contribution is -2.58. The highest BCUT2D eigenvalue weighted by molar-refractivity contribution is 6.36. The molecule has 0 aromatic heterocycles. The molecule has 102 valence electrons. The van der Waals surface area contributed by atoms with Crippen LogP contribution in [0.2, 0.25) is 10.0 Å². The molecule has 0 aliphatic rings. The predicted molar refractivity (Wildman–Crippen MR) is 79.0 cm³/mol. The zero-order chi connectivity index (χ0) is 13.9. The summed E-state index contributed by atoms with van der Waals surface area (Å²) in [6.45, 7) is 4.25. The summed E-state index contributed by atoms with van der Waals surface area (Å²) >= 11 is 12.4. The quantitative estimate of drug-likeness (QED) is 0.647. The molecule has 5 heteroatoms. The molecule has 18 heavy (non-hydrogen) atoms. The molecule has 1 unspecified atom stereocenters. The van der Waals surface area contributed by atoms with Crippen molar-refractivity contribution in [3.05, 3.63) is 33.8 Å². The van der Waals surface area contributed by atoms with Gasteiger partial charge in [-0.3, -0.25) is 11.3 Å². The van der Waals surface area contributed by atoms with E-state index < -0.39 is 0 Å². The molecule has 1 atom stereocenters. The third kappa shape index (κ3) is 3.37. The van der Waals surface area contributed by atoms with Crippen molar-refractivity contribution < 1.29 is 0 Å². The third-order valence-corrected chi connectivity index (χ3v) is 4.38. The maximum Gasteiger partial charge on any atom is 0.0453 e. The number of halogens is 2. The number of hydrogen-bond donors (Lipinski definition) is 2. The number of rotatable bonds is 5. The molecule has 0 radical (unpaired) electrons. The molecule has 0 fully saturated rings. The number of nitrogens with one attached hydrogen (secondary N) is 1. The van der Waals surface area contributed by atoms with E-state index in [9.17, 15) is 0 Å². The van der Waals surface area contributed by atoms with Crippen molar-refractivity contribution in [2.75, 3.05) is 14.1 Å². The predicted octanol–water partition coefficient (Wildman–Crippen LogP) is 2.71. The number of hydrogen-bond acceptors (Lipinski definition) is 3. The SMILES string of the molecule is CN(C)C(C)(C)C(Cc1c(Cl)cccc1Cl)NN. The Hall–Kier alpha value is -0.320. The van der Waals surface area contributed by atoms with Crippen LogP contribution >= 0.6 is 23.2 Å². The van der Waals surface area contributed by atoms with Gasteiger partial charge in [0.25, 0.3) is 0 Å². The highest BCUT2D eigenvalue weighted by atomic mass is 35.5. The zero-order valence-corrected chi connectivity index (χ0v) is 12.8. The molecule has 0 aliphatic carbocycles. The van der Waals surface area contributed by atoms with Gasteiger partial charge in [-0.2, -0.15) is 0 Å². The lowest BCUT2D eigenvalue weighted by molar-refractivity contribution is 0.137. The lowest BCUT2D eigenvalue weighted by Gasteiger charge is -2.40. The highest BCUT2D eigenvalue weighted by Crippen LogP contribution is 2.28. The molecule has 0 heterocycles. The first-order chi connectivity index (χ1) is 8.30. The second kappa shape index (κ2) is 6.22. The molecule has 0 aliphatic heterocycles. The van der Waals surface area contributed by atoms with E-state index in [1.165, 1.54) is 0 Å². The van der Waals surface area contributed by atoms with E-state index in [-0.39, 0.29) is 11.6 Å². The fourth-order valence-corrected chi connectivity index (χ4v) is 2.31. The maximum absolute atomic E-state index is 6.19. The number of benzene rings is 1. The van der Waals surface area contributed by atoms with Crippen molar-refractivity contribution in [2.45, 2.75) is 31.8 Å². The lowest BCUT2D eigenvalue weighted by atomic mass is 9.88. The minimum Gasteiger partial charge on any atom is -0.303 e. The van der Waals surface area contributed by atoms with Crippen molar-refractivity contribution in [1.82, 2.24) is 10.3 Å². The fourth-order valence-electron chi connectivity index (χ4n) is 1.76. The monoisotopic (exact) mass is 289 g/mol. The Balaban J connectivity index is 3.00. The number of nitrogens with two attached hydrogens (primary N) is 1. The van der Waals surface area contributed by atoms with Crippen LogP contribution in [0.3, 0.4) is 0 Å². The van der Waals surface area contributed by atoms with Crippen molar-refractivity contribution in [1.29, 1.82) is 0 Å². The summed E-state index contributed by atoms with van der Waals surface area (Å²) in [5.41, 5.74) is 3.68. The van der Waals surface area contributed by atoms with E-state index in [0.717, 1.165) is 5.56 Å². The Kier molecular flexibility index (Phi) is 5.44. The largest absolute Gasteiger partial charge is 0.303 e. The van der Waals surface area contributed by atoms with Gasteiger partial charge in [0.15, 0.2) is 0 Å². The first-order valence-electron chi connectivity index (χ1n) is 5.87. The second-order valence-electron chi connectivity index (χ2n) is 5.17. The minimum atomic E-state index is -0.114. The molecule has 1 aromatic rings. The van der Waals surface area contributed by atoms with Crippen molar-refractivity contribution >= 4 is 23.2 Å². The summed E-state index contributed by atoms with van der Waals surface area (Å²) in [5.74, 6) is 5.68. The minimum absolute atomic E-state index is 0.0462. The molecular weight excluding hydrogens is 269 g/mol. The molecule has 0 spiro atoms. The molecule has 0 bridgehead atoms. The average molecular weight is 290 g/mol. The first kappa shape index (κ1) is 15.7. The van der Waals surface area contributed by atoms with Crippen LogP contribution in [0.25, 0.3) is 0 Å². The van der Waals surface area contributed by atoms with Crippen molar-refractivity contribution in [3.63, 3.8) is 0 Å². The molecule has 0 saturated carbocycles. The van der Waals surface area contributed by atoms with Gasteiger partial charge >= 0.3 is 0 Å². The van der Waals surface area contributed by atoms with Gasteiger partial charge in [-0.15, -0.1) is 0 Å². The topological polar surface area (TPSA) is 41.3 Å². The van der Waals surface area contributed by atoms with Crippen molar-refractivity contribution in [2.24, 2.45) is 5.84 Å². The van der Waals surface area contributed by atoms with E-state index in [2.05, 4.69) is 24.2 Å². The van der Waals surface area contributed by atoms with Gasteiger partial charge in [0.2, 0.25) is 0 Å². The fraction of sp³-hybridized carbons (Fsp3) is 0.538. The van der Waals surface area contributed by atoms with E-state index >= 15 is 0 Å². The Morgan fingerprint density at radius 1 is 1.28 bits per heavy atom. The first-order valence-corrected chi connectivity index (χ1v) is 6.62.